The first-order valence-electron chi connectivity index (χ1n) is 9.76. The van der Waals surface area contributed by atoms with E-state index in [1.807, 2.05) is 43.3 Å². The van der Waals surface area contributed by atoms with Gasteiger partial charge in [0.2, 0.25) is 0 Å². The molecule has 27 heavy (non-hydrogen) atoms. The van der Waals surface area contributed by atoms with Crippen LogP contribution >= 0.6 is 0 Å². The van der Waals surface area contributed by atoms with Gasteiger partial charge in [-0.1, -0.05) is 42.6 Å². The highest BCUT2D eigenvalue weighted by molar-refractivity contribution is 6.05. The molecule has 0 saturated carbocycles. The summed E-state index contributed by atoms with van der Waals surface area (Å²) in [6, 6.07) is 16.2. The maximum absolute atomic E-state index is 5.95. The fourth-order valence-corrected chi connectivity index (χ4v) is 3.45. The zero-order chi connectivity index (χ0) is 18.5. The molecular formula is C23H25NO3. The molecule has 0 aliphatic rings. The first-order valence-corrected chi connectivity index (χ1v) is 9.76. The standard InChI is InChI=1S/C23H25NO3/c1-17-15-19(27-24-17)9-5-3-2-4-8-14-25-18-12-13-23-21(16-18)20-10-6-7-11-22(20)26-23/h6-7,10-13,15-16H,2-5,8-9,14H2,1H3. The zero-order valence-electron chi connectivity index (χ0n) is 15.7. The third kappa shape index (κ3) is 4.33. The number of ether oxygens (including phenoxy) is 1. The Bertz CT molecular complexity index is 1010. The average molecular weight is 363 g/mol. The van der Waals surface area contributed by atoms with E-state index in [0.29, 0.717) is 0 Å². The summed E-state index contributed by atoms with van der Waals surface area (Å²) < 4.78 is 17.0. The van der Waals surface area contributed by atoms with E-state index in [1.165, 1.54) is 19.3 Å². The van der Waals surface area contributed by atoms with E-state index < -0.39 is 0 Å². The molecule has 2 aromatic carbocycles. The number of nitrogens with zero attached hydrogens (tertiary/aromatic N) is 1. The quantitative estimate of drug-likeness (QED) is 0.320. The highest BCUT2D eigenvalue weighted by atomic mass is 16.5. The van der Waals surface area contributed by atoms with Crippen LogP contribution in [-0.4, -0.2) is 11.8 Å². The normalized spacial score (nSPS) is 11.4. The maximum Gasteiger partial charge on any atom is 0.136 e. The van der Waals surface area contributed by atoms with Crippen molar-refractivity contribution in [3.8, 4) is 5.75 Å². The fraction of sp³-hybridized carbons (Fsp3) is 0.348. The van der Waals surface area contributed by atoms with E-state index in [4.69, 9.17) is 13.7 Å². The second kappa shape index (κ2) is 8.30. The number of para-hydroxylation sites is 1. The highest BCUT2D eigenvalue weighted by Crippen LogP contribution is 2.31. The molecule has 4 heteroatoms. The lowest BCUT2D eigenvalue weighted by molar-refractivity contribution is 0.304. The Balaban J connectivity index is 1.18. The van der Waals surface area contributed by atoms with Gasteiger partial charge < -0.3 is 13.7 Å². The summed E-state index contributed by atoms with van der Waals surface area (Å²) in [6.07, 6.45) is 6.84. The van der Waals surface area contributed by atoms with Crippen molar-refractivity contribution >= 4 is 21.9 Å². The van der Waals surface area contributed by atoms with Crippen molar-refractivity contribution in [2.24, 2.45) is 0 Å². The van der Waals surface area contributed by atoms with Gasteiger partial charge in [0.25, 0.3) is 0 Å². The number of hydrogen-bond acceptors (Lipinski definition) is 4. The number of unbranched alkanes of at least 4 members (excludes halogenated alkanes) is 4. The van der Waals surface area contributed by atoms with Gasteiger partial charge in [-0.25, -0.2) is 0 Å². The molecule has 4 rings (SSSR count). The van der Waals surface area contributed by atoms with Crippen molar-refractivity contribution in [2.45, 2.75) is 45.4 Å². The van der Waals surface area contributed by atoms with E-state index in [9.17, 15) is 0 Å². The molecular weight excluding hydrogens is 338 g/mol. The van der Waals surface area contributed by atoms with Gasteiger partial charge in [0.05, 0.1) is 12.3 Å². The molecule has 0 N–H and O–H groups in total. The van der Waals surface area contributed by atoms with Crippen LogP contribution in [0.5, 0.6) is 5.75 Å². The van der Waals surface area contributed by atoms with Crippen LogP contribution in [0.25, 0.3) is 21.9 Å². The number of fused-ring (bicyclic) bond motifs is 3. The molecule has 140 valence electrons. The van der Waals surface area contributed by atoms with Crippen molar-refractivity contribution in [1.82, 2.24) is 5.16 Å². The largest absolute Gasteiger partial charge is 0.494 e. The molecule has 0 fully saturated rings. The molecule has 0 unspecified atom stereocenters. The van der Waals surface area contributed by atoms with Gasteiger partial charge >= 0.3 is 0 Å². The molecule has 0 bridgehead atoms. The fourth-order valence-electron chi connectivity index (χ4n) is 3.45. The predicted octanol–water partition coefficient (Wildman–Crippen LogP) is 6.45. The summed E-state index contributed by atoms with van der Waals surface area (Å²) in [5.74, 6) is 1.91. The van der Waals surface area contributed by atoms with Gasteiger partial charge in [0, 0.05) is 23.3 Å². The summed E-state index contributed by atoms with van der Waals surface area (Å²) in [6.45, 7) is 2.71. The Labute approximate surface area is 159 Å². The van der Waals surface area contributed by atoms with Crippen LogP contribution in [0.1, 0.15) is 43.6 Å². The Morgan fingerprint density at radius 3 is 2.56 bits per heavy atom. The minimum Gasteiger partial charge on any atom is -0.494 e. The Kier molecular flexibility index (Phi) is 5.42. The minimum absolute atomic E-state index is 0.753. The molecule has 0 radical (unpaired) electrons. The Morgan fingerprint density at radius 2 is 1.67 bits per heavy atom. The summed E-state index contributed by atoms with van der Waals surface area (Å²) in [7, 11) is 0. The predicted molar refractivity (Wildman–Crippen MR) is 107 cm³/mol. The zero-order valence-corrected chi connectivity index (χ0v) is 15.7. The smallest absolute Gasteiger partial charge is 0.136 e. The molecule has 4 aromatic rings. The lowest BCUT2D eigenvalue weighted by atomic mass is 10.1. The van der Waals surface area contributed by atoms with Crippen molar-refractivity contribution < 1.29 is 13.7 Å². The summed E-state index contributed by atoms with van der Waals surface area (Å²) in [4.78, 5) is 0. The molecule has 0 spiro atoms. The third-order valence-corrected chi connectivity index (χ3v) is 4.86. The second-order valence-electron chi connectivity index (χ2n) is 7.06. The van der Waals surface area contributed by atoms with E-state index >= 15 is 0 Å². The first kappa shape index (κ1) is 17.7. The number of benzene rings is 2. The van der Waals surface area contributed by atoms with Gasteiger partial charge in [0.15, 0.2) is 0 Å². The van der Waals surface area contributed by atoms with Crippen LogP contribution in [0.3, 0.4) is 0 Å². The van der Waals surface area contributed by atoms with Crippen molar-refractivity contribution in [1.29, 1.82) is 0 Å². The third-order valence-electron chi connectivity index (χ3n) is 4.86. The maximum atomic E-state index is 5.95. The van der Waals surface area contributed by atoms with E-state index in [2.05, 4.69) is 17.3 Å². The van der Waals surface area contributed by atoms with E-state index in [1.54, 1.807) is 0 Å². The van der Waals surface area contributed by atoms with Crippen LogP contribution in [0.2, 0.25) is 0 Å². The van der Waals surface area contributed by atoms with Crippen molar-refractivity contribution in [3.05, 3.63) is 60.0 Å². The lowest BCUT2D eigenvalue weighted by Gasteiger charge is -2.06. The Morgan fingerprint density at radius 1 is 0.852 bits per heavy atom. The molecule has 0 amide bonds. The monoisotopic (exact) mass is 363 g/mol. The summed E-state index contributed by atoms with van der Waals surface area (Å²) in [5.41, 5.74) is 2.79. The molecule has 2 aromatic heterocycles. The van der Waals surface area contributed by atoms with Gasteiger partial charge in [0.1, 0.15) is 22.7 Å². The molecule has 4 nitrogen and oxygen atoms in total. The van der Waals surface area contributed by atoms with Gasteiger partial charge in [-0.3, -0.25) is 0 Å². The van der Waals surface area contributed by atoms with Crippen LogP contribution < -0.4 is 4.74 Å². The molecule has 0 aliphatic heterocycles. The van der Waals surface area contributed by atoms with Crippen LogP contribution in [0, 0.1) is 6.92 Å². The molecule has 0 saturated heterocycles. The average Bonchev–Trinajstić information content (AvgIpc) is 3.27. The van der Waals surface area contributed by atoms with Crippen LogP contribution in [0.4, 0.5) is 0 Å². The first-order chi connectivity index (χ1) is 13.3. The molecule has 0 atom stereocenters. The van der Waals surface area contributed by atoms with Gasteiger partial charge in [-0.15, -0.1) is 0 Å². The number of aromatic nitrogens is 1. The topological polar surface area (TPSA) is 48.4 Å². The van der Waals surface area contributed by atoms with Gasteiger partial charge in [-0.2, -0.15) is 0 Å². The van der Waals surface area contributed by atoms with Gasteiger partial charge in [-0.05, 0) is 44.0 Å². The number of hydrogen-bond donors (Lipinski definition) is 0. The van der Waals surface area contributed by atoms with Crippen molar-refractivity contribution in [3.63, 3.8) is 0 Å². The number of aryl methyl sites for hydroxylation is 2. The van der Waals surface area contributed by atoms with E-state index in [0.717, 1.165) is 65.0 Å². The molecule has 2 heterocycles. The summed E-state index contributed by atoms with van der Waals surface area (Å²) in [5, 5.41) is 6.17. The van der Waals surface area contributed by atoms with E-state index in [-0.39, 0.29) is 0 Å². The highest BCUT2D eigenvalue weighted by Gasteiger charge is 2.07. The van der Waals surface area contributed by atoms with Crippen LogP contribution in [0.15, 0.2) is 57.5 Å². The SMILES string of the molecule is Cc1cc(CCCCCCCOc2ccc3oc4ccccc4c3c2)on1. The van der Waals surface area contributed by atoms with Crippen molar-refractivity contribution in [2.75, 3.05) is 6.61 Å². The number of furan rings is 1. The number of rotatable bonds is 9. The minimum atomic E-state index is 0.753. The van der Waals surface area contributed by atoms with Crippen LogP contribution in [-0.2, 0) is 6.42 Å². The Hall–Kier alpha value is -2.75. The summed E-state index contributed by atoms with van der Waals surface area (Å²) >= 11 is 0. The molecule has 0 aliphatic carbocycles. The lowest BCUT2D eigenvalue weighted by Crippen LogP contribution is -1.97. The second-order valence-corrected chi connectivity index (χ2v) is 7.06.